The Hall–Kier alpha value is -3.71. The van der Waals surface area contributed by atoms with Crippen molar-refractivity contribution in [1.82, 2.24) is 4.98 Å². The molecule has 0 fully saturated rings. The second-order valence-electron chi connectivity index (χ2n) is 8.68. The summed E-state index contributed by atoms with van der Waals surface area (Å²) >= 11 is 1.29. The molecule has 6 nitrogen and oxygen atoms in total. The molecule has 0 aliphatic carbocycles. The zero-order valence-corrected chi connectivity index (χ0v) is 19.7. The van der Waals surface area contributed by atoms with Crippen LogP contribution in [0.3, 0.4) is 0 Å². The summed E-state index contributed by atoms with van der Waals surface area (Å²) in [7, 11) is 0. The maximum atomic E-state index is 12.9. The SMILES string of the molecule is Cc1cc(-c2ccccc2)ccc1NC(=O)c1ccc2nc(NC(=O)OC(C)(C)C)sc2c1. The highest BCUT2D eigenvalue weighted by atomic mass is 32.1. The summed E-state index contributed by atoms with van der Waals surface area (Å²) in [6.45, 7) is 7.37. The minimum absolute atomic E-state index is 0.206. The maximum absolute atomic E-state index is 12.9. The molecule has 0 atom stereocenters. The third-order valence-corrected chi connectivity index (χ3v) is 5.77. The molecule has 4 rings (SSSR count). The van der Waals surface area contributed by atoms with Crippen molar-refractivity contribution in [2.24, 2.45) is 0 Å². The molecule has 1 aromatic heterocycles. The minimum Gasteiger partial charge on any atom is -0.444 e. The number of hydrogen-bond acceptors (Lipinski definition) is 5. The van der Waals surface area contributed by atoms with Crippen LogP contribution in [0.5, 0.6) is 0 Å². The van der Waals surface area contributed by atoms with Gasteiger partial charge in [-0.25, -0.2) is 9.78 Å². The van der Waals surface area contributed by atoms with E-state index in [2.05, 4.69) is 33.8 Å². The summed E-state index contributed by atoms with van der Waals surface area (Å²) in [6.07, 6.45) is -0.561. The highest BCUT2D eigenvalue weighted by Gasteiger charge is 2.18. The average molecular weight is 460 g/mol. The van der Waals surface area contributed by atoms with Crippen LogP contribution in [-0.4, -0.2) is 22.6 Å². The van der Waals surface area contributed by atoms with Gasteiger partial charge in [-0.05, 0) is 74.7 Å². The number of thiazole rings is 1. The van der Waals surface area contributed by atoms with Crippen molar-refractivity contribution in [3.63, 3.8) is 0 Å². The molecule has 33 heavy (non-hydrogen) atoms. The standard InChI is InChI=1S/C26H25N3O3S/c1-16-14-18(17-8-6-5-7-9-17)10-12-20(16)27-23(30)19-11-13-21-22(15-19)33-24(28-21)29-25(31)32-26(2,3)4/h5-15H,1-4H3,(H,27,30)(H,28,29,31). The number of ether oxygens (including phenoxy) is 1. The first kappa shape index (κ1) is 22.5. The van der Waals surface area contributed by atoms with Crippen molar-refractivity contribution in [2.45, 2.75) is 33.3 Å². The first-order chi connectivity index (χ1) is 15.7. The monoisotopic (exact) mass is 459 g/mol. The van der Waals surface area contributed by atoms with Gasteiger partial charge in [0.15, 0.2) is 5.13 Å². The van der Waals surface area contributed by atoms with E-state index in [0.29, 0.717) is 16.2 Å². The molecule has 2 N–H and O–H groups in total. The molecule has 0 saturated carbocycles. The second-order valence-corrected chi connectivity index (χ2v) is 9.71. The molecule has 2 amide bonds. The van der Waals surface area contributed by atoms with Gasteiger partial charge >= 0.3 is 6.09 Å². The van der Waals surface area contributed by atoms with Gasteiger partial charge < -0.3 is 10.1 Å². The first-order valence-electron chi connectivity index (χ1n) is 10.6. The summed E-state index contributed by atoms with van der Waals surface area (Å²) in [6, 6.07) is 21.4. The van der Waals surface area contributed by atoms with Crippen molar-refractivity contribution in [3.8, 4) is 11.1 Å². The number of fused-ring (bicyclic) bond motifs is 1. The molecule has 1 heterocycles. The highest BCUT2D eigenvalue weighted by Crippen LogP contribution is 2.29. The van der Waals surface area contributed by atoms with Crippen LogP contribution >= 0.6 is 11.3 Å². The van der Waals surface area contributed by atoms with Gasteiger partial charge in [0.2, 0.25) is 0 Å². The average Bonchev–Trinajstić information content (AvgIpc) is 3.15. The Balaban J connectivity index is 1.48. The fourth-order valence-electron chi connectivity index (χ4n) is 3.32. The lowest BCUT2D eigenvalue weighted by molar-refractivity contribution is 0.0635. The molecule has 0 aliphatic heterocycles. The third-order valence-electron chi connectivity index (χ3n) is 4.84. The van der Waals surface area contributed by atoms with E-state index in [1.807, 2.05) is 37.3 Å². The maximum Gasteiger partial charge on any atom is 0.413 e. The number of rotatable bonds is 4. The van der Waals surface area contributed by atoms with Crippen molar-refractivity contribution in [3.05, 3.63) is 77.9 Å². The number of carbonyl (C=O) groups excluding carboxylic acids is 2. The Bertz CT molecular complexity index is 1320. The predicted molar refractivity (Wildman–Crippen MR) is 134 cm³/mol. The largest absolute Gasteiger partial charge is 0.444 e. The lowest BCUT2D eigenvalue weighted by atomic mass is 10.0. The summed E-state index contributed by atoms with van der Waals surface area (Å²) < 4.78 is 6.06. The number of aromatic nitrogens is 1. The van der Waals surface area contributed by atoms with Crippen LogP contribution in [0.15, 0.2) is 66.7 Å². The van der Waals surface area contributed by atoms with Crippen LogP contribution in [0.2, 0.25) is 0 Å². The van der Waals surface area contributed by atoms with Gasteiger partial charge in [-0.3, -0.25) is 10.1 Å². The van der Waals surface area contributed by atoms with Crippen LogP contribution in [0.1, 0.15) is 36.7 Å². The van der Waals surface area contributed by atoms with E-state index in [1.54, 1.807) is 39.0 Å². The summed E-state index contributed by atoms with van der Waals surface area (Å²) in [4.78, 5) is 29.3. The molecule has 0 unspecified atom stereocenters. The normalized spacial score (nSPS) is 11.3. The molecule has 0 spiro atoms. The lowest BCUT2D eigenvalue weighted by Gasteiger charge is -2.18. The third kappa shape index (κ3) is 5.56. The van der Waals surface area contributed by atoms with Crippen molar-refractivity contribution in [2.75, 3.05) is 10.6 Å². The Morgan fingerprint density at radius 2 is 1.67 bits per heavy atom. The van der Waals surface area contributed by atoms with Gasteiger partial charge in [0.05, 0.1) is 10.2 Å². The Morgan fingerprint density at radius 3 is 2.36 bits per heavy atom. The quantitative estimate of drug-likeness (QED) is 0.349. The van der Waals surface area contributed by atoms with Crippen LogP contribution in [-0.2, 0) is 4.74 Å². The fourth-order valence-corrected chi connectivity index (χ4v) is 4.21. The molecule has 4 aromatic rings. The van der Waals surface area contributed by atoms with Crippen LogP contribution in [0.25, 0.3) is 21.3 Å². The summed E-state index contributed by atoms with van der Waals surface area (Å²) in [5.41, 5.74) is 4.59. The van der Waals surface area contributed by atoms with Crippen molar-refractivity contribution >= 4 is 44.4 Å². The van der Waals surface area contributed by atoms with E-state index in [0.717, 1.165) is 27.1 Å². The van der Waals surface area contributed by atoms with Gasteiger partial charge in [-0.1, -0.05) is 47.7 Å². The summed E-state index contributed by atoms with van der Waals surface area (Å²) in [5.74, 6) is -0.206. The molecule has 0 saturated heterocycles. The number of hydrogen-bond donors (Lipinski definition) is 2. The minimum atomic E-state index is -0.594. The van der Waals surface area contributed by atoms with Crippen molar-refractivity contribution in [1.29, 1.82) is 0 Å². The number of anilines is 2. The number of benzene rings is 3. The van der Waals surface area contributed by atoms with Gasteiger partial charge in [0, 0.05) is 11.3 Å². The number of nitrogens with zero attached hydrogens (tertiary/aromatic N) is 1. The van der Waals surface area contributed by atoms with E-state index in [9.17, 15) is 9.59 Å². The Labute approximate surface area is 196 Å². The molecule has 3 aromatic carbocycles. The molecular formula is C26H25N3O3S. The number of nitrogens with one attached hydrogen (secondary N) is 2. The Morgan fingerprint density at radius 1 is 0.909 bits per heavy atom. The van der Waals surface area contributed by atoms with E-state index >= 15 is 0 Å². The molecule has 0 radical (unpaired) electrons. The van der Waals surface area contributed by atoms with Crippen LogP contribution in [0.4, 0.5) is 15.6 Å². The zero-order valence-electron chi connectivity index (χ0n) is 18.9. The number of amides is 2. The van der Waals surface area contributed by atoms with E-state index in [1.165, 1.54) is 11.3 Å². The van der Waals surface area contributed by atoms with Gasteiger partial charge in [0.1, 0.15) is 5.60 Å². The molecule has 0 aliphatic rings. The lowest BCUT2D eigenvalue weighted by Crippen LogP contribution is -2.27. The van der Waals surface area contributed by atoms with Gasteiger partial charge in [0.25, 0.3) is 5.91 Å². The smallest absolute Gasteiger partial charge is 0.413 e. The predicted octanol–water partition coefficient (Wildman–Crippen LogP) is 6.87. The molecule has 7 heteroatoms. The topological polar surface area (TPSA) is 80.3 Å². The van der Waals surface area contributed by atoms with Gasteiger partial charge in [-0.2, -0.15) is 0 Å². The molecule has 0 bridgehead atoms. The van der Waals surface area contributed by atoms with Crippen LogP contribution in [0, 0.1) is 6.92 Å². The Kier molecular flexibility index (Phi) is 6.16. The van der Waals surface area contributed by atoms with Crippen LogP contribution < -0.4 is 10.6 Å². The first-order valence-corrected chi connectivity index (χ1v) is 11.4. The van der Waals surface area contributed by atoms with E-state index in [4.69, 9.17) is 4.74 Å². The van der Waals surface area contributed by atoms with Gasteiger partial charge in [-0.15, -0.1) is 0 Å². The molecule has 168 valence electrons. The number of aryl methyl sites for hydroxylation is 1. The second kappa shape index (κ2) is 9.03. The fraction of sp³-hybridized carbons (Fsp3) is 0.192. The van der Waals surface area contributed by atoms with E-state index < -0.39 is 11.7 Å². The molecular weight excluding hydrogens is 434 g/mol. The van der Waals surface area contributed by atoms with E-state index in [-0.39, 0.29) is 5.91 Å². The van der Waals surface area contributed by atoms with Crippen molar-refractivity contribution < 1.29 is 14.3 Å². The number of carbonyl (C=O) groups is 2. The summed E-state index contributed by atoms with van der Waals surface area (Å²) in [5, 5.41) is 6.06. The highest BCUT2D eigenvalue weighted by molar-refractivity contribution is 7.22. The zero-order chi connectivity index (χ0) is 23.6.